The van der Waals surface area contributed by atoms with Crippen LogP contribution >= 0.6 is 11.3 Å². The van der Waals surface area contributed by atoms with Crippen LogP contribution in [0.15, 0.2) is 46.0 Å². The zero-order valence-electron chi connectivity index (χ0n) is 14.6. The van der Waals surface area contributed by atoms with Crippen LogP contribution < -0.4 is 4.72 Å². The van der Waals surface area contributed by atoms with Crippen LogP contribution in [-0.2, 0) is 22.7 Å². The zero-order valence-corrected chi connectivity index (χ0v) is 16.2. The fourth-order valence-electron chi connectivity index (χ4n) is 3.12. The van der Waals surface area contributed by atoms with Gasteiger partial charge in [0.15, 0.2) is 0 Å². The van der Waals surface area contributed by atoms with Crippen molar-refractivity contribution >= 4 is 21.4 Å². The Morgan fingerprint density at radius 2 is 1.78 bits per heavy atom. The number of likely N-dealkylation sites (tertiary alicyclic amines) is 1. The molecule has 1 aromatic heterocycles. The fourth-order valence-corrected chi connectivity index (χ4v) is 4.90. The third-order valence-corrected chi connectivity index (χ3v) is 6.92. The second kappa shape index (κ2) is 8.30. The van der Waals surface area contributed by atoms with E-state index in [4.69, 9.17) is 0 Å². The van der Waals surface area contributed by atoms with E-state index in [1.807, 2.05) is 0 Å². The van der Waals surface area contributed by atoms with Gasteiger partial charge in [-0.05, 0) is 78.5 Å². The standard InChI is InChI=1S/C18H21F3N2O2S2/c19-18(20,21)16-1-3-17(4-2-16)27(24,25)22-11-14-5-8-23(9-6-14)12-15-7-10-26-13-15/h1-4,7,10,13-14,22H,5-6,8-9,11-12H2. The van der Waals surface area contributed by atoms with E-state index in [9.17, 15) is 21.6 Å². The van der Waals surface area contributed by atoms with Gasteiger partial charge >= 0.3 is 6.18 Å². The SMILES string of the molecule is O=S(=O)(NCC1CCN(Cc2ccsc2)CC1)c1ccc(C(F)(F)F)cc1. The second-order valence-electron chi connectivity index (χ2n) is 6.73. The summed E-state index contributed by atoms with van der Waals surface area (Å²) in [7, 11) is -3.81. The molecule has 0 radical (unpaired) electrons. The first-order chi connectivity index (χ1) is 12.7. The first-order valence-electron chi connectivity index (χ1n) is 8.64. The average Bonchev–Trinajstić information content (AvgIpc) is 3.14. The van der Waals surface area contributed by atoms with Crippen molar-refractivity contribution in [3.8, 4) is 0 Å². The molecule has 1 N–H and O–H groups in total. The normalized spacial score (nSPS) is 17.3. The second-order valence-corrected chi connectivity index (χ2v) is 9.27. The lowest BCUT2D eigenvalue weighted by molar-refractivity contribution is -0.137. The van der Waals surface area contributed by atoms with E-state index in [0.717, 1.165) is 56.7 Å². The van der Waals surface area contributed by atoms with Crippen molar-refractivity contribution in [1.82, 2.24) is 9.62 Å². The molecule has 0 saturated carbocycles. The number of hydrogen-bond acceptors (Lipinski definition) is 4. The molecule has 0 atom stereocenters. The van der Waals surface area contributed by atoms with Crippen LogP contribution in [0.25, 0.3) is 0 Å². The topological polar surface area (TPSA) is 49.4 Å². The number of rotatable bonds is 6. The largest absolute Gasteiger partial charge is 0.416 e. The van der Waals surface area contributed by atoms with Crippen molar-refractivity contribution in [1.29, 1.82) is 0 Å². The number of piperidine rings is 1. The maximum absolute atomic E-state index is 12.6. The van der Waals surface area contributed by atoms with Gasteiger partial charge in [0.25, 0.3) is 0 Å². The van der Waals surface area contributed by atoms with Gasteiger partial charge in [-0.1, -0.05) is 0 Å². The first kappa shape index (κ1) is 20.3. The number of alkyl halides is 3. The predicted molar refractivity (Wildman–Crippen MR) is 99.0 cm³/mol. The van der Waals surface area contributed by atoms with Gasteiger partial charge in [0.05, 0.1) is 10.5 Å². The molecule has 9 heteroatoms. The van der Waals surface area contributed by atoms with Crippen LogP contribution in [-0.4, -0.2) is 33.0 Å². The van der Waals surface area contributed by atoms with Crippen molar-refractivity contribution in [2.24, 2.45) is 5.92 Å². The number of nitrogens with zero attached hydrogens (tertiary/aromatic N) is 1. The molecule has 1 aromatic carbocycles. The molecule has 148 valence electrons. The Balaban J connectivity index is 1.49. The quantitative estimate of drug-likeness (QED) is 0.773. The van der Waals surface area contributed by atoms with Crippen molar-refractivity contribution in [2.75, 3.05) is 19.6 Å². The Hall–Kier alpha value is -1.42. The van der Waals surface area contributed by atoms with E-state index in [2.05, 4.69) is 26.4 Å². The Morgan fingerprint density at radius 3 is 2.33 bits per heavy atom. The summed E-state index contributed by atoms with van der Waals surface area (Å²) >= 11 is 1.67. The number of thiophene rings is 1. The van der Waals surface area contributed by atoms with Crippen LogP contribution in [0.4, 0.5) is 13.2 Å². The summed E-state index contributed by atoms with van der Waals surface area (Å²) < 4.78 is 64.9. The molecular formula is C18H21F3N2O2S2. The number of nitrogens with one attached hydrogen (secondary N) is 1. The van der Waals surface area contributed by atoms with Crippen LogP contribution in [0, 0.1) is 5.92 Å². The minimum Gasteiger partial charge on any atom is -0.299 e. The Morgan fingerprint density at radius 1 is 1.11 bits per heavy atom. The molecule has 2 aromatic rings. The van der Waals surface area contributed by atoms with Crippen LogP contribution in [0.5, 0.6) is 0 Å². The lowest BCUT2D eigenvalue weighted by atomic mass is 9.97. The fraction of sp³-hybridized carbons (Fsp3) is 0.444. The molecule has 0 unspecified atom stereocenters. The summed E-state index contributed by atoms with van der Waals surface area (Å²) in [4.78, 5) is 2.20. The van der Waals surface area contributed by atoms with Crippen molar-refractivity contribution in [2.45, 2.75) is 30.5 Å². The molecule has 2 heterocycles. The van der Waals surface area contributed by atoms with E-state index in [-0.39, 0.29) is 10.8 Å². The minimum absolute atomic E-state index is 0.148. The van der Waals surface area contributed by atoms with E-state index in [0.29, 0.717) is 6.54 Å². The van der Waals surface area contributed by atoms with Gasteiger partial charge in [0.2, 0.25) is 10.0 Å². The Labute approximate surface area is 161 Å². The van der Waals surface area contributed by atoms with Gasteiger partial charge in [0, 0.05) is 13.1 Å². The summed E-state index contributed by atoms with van der Waals surface area (Å²) in [6, 6.07) is 5.67. The Kier molecular flexibility index (Phi) is 6.25. The highest BCUT2D eigenvalue weighted by Crippen LogP contribution is 2.29. The minimum atomic E-state index is -4.48. The molecule has 1 aliphatic rings. The van der Waals surface area contributed by atoms with E-state index in [1.54, 1.807) is 11.3 Å². The molecule has 1 saturated heterocycles. The van der Waals surface area contributed by atoms with Gasteiger partial charge in [-0.25, -0.2) is 13.1 Å². The van der Waals surface area contributed by atoms with E-state index >= 15 is 0 Å². The molecule has 0 bridgehead atoms. The summed E-state index contributed by atoms with van der Waals surface area (Å²) in [6.07, 6.45) is -2.70. The summed E-state index contributed by atoms with van der Waals surface area (Å²) in [5.74, 6) is 0.230. The smallest absolute Gasteiger partial charge is 0.299 e. The van der Waals surface area contributed by atoms with Gasteiger partial charge < -0.3 is 0 Å². The molecule has 0 amide bonds. The predicted octanol–water partition coefficient (Wildman–Crippen LogP) is 3.96. The molecule has 27 heavy (non-hydrogen) atoms. The third-order valence-electron chi connectivity index (χ3n) is 4.75. The zero-order chi connectivity index (χ0) is 19.5. The number of hydrogen-bond donors (Lipinski definition) is 1. The van der Waals surface area contributed by atoms with E-state index < -0.39 is 21.8 Å². The highest BCUT2D eigenvalue weighted by Gasteiger charge is 2.30. The molecule has 1 fully saturated rings. The highest BCUT2D eigenvalue weighted by atomic mass is 32.2. The number of halogens is 3. The molecule has 0 aliphatic carbocycles. The summed E-state index contributed by atoms with van der Waals surface area (Å²) in [6.45, 7) is 3.02. The molecule has 0 spiro atoms. The van der Waals surface area contributed by atoms with Crippen LogP contribution in [0.3, 0.4) is 0 Å². The molecule has 1 aliphatic heterocycles. The van der Waals surface area contributed by atoms with E-state index in [1.165, 1.54) is 5.56 Å². The lowest BCUT2D eigenvalue weighted by Crippen LogP contribution is -2.38. The first-order valence-corrected chi connectivity index (χ1v) is 11.1. The maximum atomic E-state index is 12.6. The van der Waals surface area contributed by atoms with Gasteiger partial charge in [0.1, 0.15) is 0 Å². The Bertz CT molecular complexity index is 826. The summed E-state index contributed by atoms with van der Waals surface area (Å²) in [5.41, 5.74) is 0.431. The van der Waals surface area contributed by atoms with Crippen molar-refractivity contribution in [3.05, 3.63) is 52.2 Å². The molecule has 4 nitrogen and oxygen atoms in total. The number of sulfonamides is 1. The van der Waals surface area contributed by atoms with Gasteiger partial charge in [-0.2, -0.15) is 24.5 Å². The molecular weight excluding hydrogens is 397 g/mol. The third kappa shape index (κ3) is 5.54. The summed E-state index contributed by atoms with van der Waals surface area (Å²) in [5, 5.41) is 4.18. The lowest BCUT2D eigenvalue weighted by Gasteiger charge is -2.31. The van der Waals surface area contributed by atoms with Crippen LogP contribution in [0.2, 0.25) is 0 Å². The van der Waals surface area contributed by atoms with Gasteiger partial charge in [-0.15, -0.1) is 0 Å². The average molecular weight is 419 g/mol. The monoisotopic (exact) mass is 418 g/mol. The van der Waals surface area contributed by atoms with Gasteiger partial charge in [-0.3, -0.25) is 4.90 Å². The maximum Gasteiger partial charge on any atom is 0.416 e. The number of benzene rings is 1. The van der Waals surface area contributed by atoms with Crippen LogP contribution in [0.1, 0.15) is 24.0 Å². The van der Waals surface area contributed by atoms with Crippen molar-refractivity contribution in [3.63, 3.8) is 0 Å². The highest BCUT2D eigenvalue weighted by molar-refractivity contribution is 7.89. The van der Waals surface area contributed by atoms with Crippen molar-refractivity contribution < 1.29 is 21.6 Å². The molecule has 3 rings (SSSR count).